The Morgan fingerprint density at radius 2 is 1.64 bits per heavy atom. The van der Waals surface area contributed by atoms with Gasteiger partial charge in [-0.05, 0) is 23.8 Å². The summed E-state index contributed by atoms with van der Waals surface area (Å²) < 4.78 is 54.9. The SMILES string of the molecule is O=C(OCCCOCc1ccccc1)c1cc(Oc2c(Cl)cc(C(F)(F)F)cc2Cl)ccc1[N+](=O)[O-]. The molecule has 7 nitrogen and oxygen atoms in total. The zero-order valence-corrected chi connectivity index (χ0v) is 19.9. The average molecular weight is 544 g/mol. The molecule has 0 spiro atoms. The van der Waals surface area contributed by atoms with Gasteiger partial charge in [0.2, 0.25) is 0 Å². The van der Waals surface area contributed by atoms with Gasteiger partial charge >= 0.3 is 12.1 Å². The number of rotatable bonds is 10. The molecule has 0 aliphatic heterocycles. The molecule has 0 heterocycles. The first-order valence-corrected chi connectivity index (χ1v) is 11.1. The van der Waals surface area contributed by atoms with E-state index in [4.69, 9.17) is 37.4 Å². The van der Waals surface area contributed by atoms with Crippen molar-refractivity contribution in [2.45, 2.75) is 19.2 Å². The summed E-state index contributed by atoms with van der Waals surface area (Å²) in [6.07, 6.45) is -4.33. The maximum atomic E-state index is 12.9. The molecule has 0 fully saturated rings. The molecule has 0 aromatic heterocycles. The molecule has 0 saturated carbocycles. The topological polar surface area (TPSA) is 87.9 Å². The van der Waals surface area contributed by atoms with E-state index in [9.17, 15) is 28.1 Å². The van der Waals surface area contributed by atoms with Crippen molar-refractivity contribution >= 4 is 34.9 Å². The van der Waals surface area contributed by atoms with Crippen LogP contribution < -0.4 is 4.74 Å². The van der Waals surface area contributed by atoms with E-state index in [1.807, 2.05) is 30.3 Å². The highest BCUT2D eigenvalue weighted by Crippen LogP contribution is 2.42. The van der Waals surface area contributed by atoms with Crippen LogP contribution in [-0.2, 0) is 22.3 Å². The number of hydrogen-bond acceptors (Lipinski definition) is 6. The summed E-state index contributed by atoms with van der Waals surface area (Å²) in [5, 5.41) is 10.5. The lowest BCUT2D eigenvalue weighted by Gasteiger charge is -2.14. The summed E-state index contributed by atoms with van der Waals surface area (Å²) in [6, 6.07) is 13.9. The molecule has 0 atom stereocenters. The second-order valence-corrected chi connectivity index (χ2v) is 8.15. The summed E-state index contributed by atoms with van der Waals surface area (Å²) in [6.45, 7) is 0.611. The molecule has 12 heteroatoms. The number of ether oxygens (including phenoxy) is 3. The van der Waals surface area contributed by atoms with Crippen LogP contribution in [0.3, 0.4) is 0 Å². The Balaban J connectivity index is 1.66. The fourth-order valence-electron chi connectivity index (χ4n) is 3.01. The van der Waals surface area contributed by atoms with E-state index in [1.165, 1.54) is 0 Å². The second kappa shape index (κ2) is 12.1. The number of benzene rings is 3. The van der Waals surface area contributed by atoms with Crippen LogP contribution in [0.5, 0.6) is 11.5 Å². The Hall–Kier alpha value is -3.34. The number of alkyl halides is 3. The molecule has 190 valence electrons. The van der Waals surface area contributed by atoms with E-state index in [2.05, 4.69) is 0 Å². The predicted molar refractivity (Wildman–Crippen MR) is 126 cm³/mol. The molecular formula is C24H18Cl2F3NO6. The van der Waals surface area contributed by atoms with Gasteiger partial charge in [0.15, 0.2) is 5.75 Å². The Labute approximate surface area is 213 Å². The third kappa shape index (κ3) is 7.33. The molecule has 3 rings (SSSR count). The van der Waals surface area contributed by atoms with Crippen molar-refractivity contribution in [2.75, 3.05) is 13.2 Å². The van der Waals surface area contributed by atoms with Crippen LogP contribution in [0.25, 0.3) is 0 Å². The lowest BCUT2D eigenvalue weighted by Crippen LogP contribution is -2.11. The highest BCUT2D eigenvalue weighted by Gasteiger charge is 2.32. The molecule has 0 radical (unpaired) electrons. The third-order valence-corrected chi connectivity index (χ3v) is 5.27. The van der Waals surface area contributed by atoms with Gasteiger partial charge in [-0.25, -0.2) is 4.79 Å². The number of hydrogen-bond donors (Lipinski definition) is 0. The minimum absolute atomic E-state index is 0.0631. The van der Waals surface area contributed by atoms with Gasteiger partial charge < -0.3 is 14.2 Å². The molecule has 0 saturated heterocycles. The Morgan fingerprint density at radius 3 is 2.25 bits per heavy atom. The first kappa shape index (κ1) is 27.3. The van der Waals surface area contributed by atoms with Crippen LogP contribution >= 0.6 is 23.2 Å². The number of nitro groups is 1. The largest absolute Gasteiger partial charge is 0.462 e. The fraction of sp³-hybridized carbons (Fsp3) is 0.208. The van der Waals surface area contributed by atoms with E-state index in [-0.39, 0.29) is 18.1 Å². The van der Waals surface area contributed by atoms with Crippen LogP contribution in [0.1, 0.15) is 27.9 Å². The molecule has 0 aliphatic carbocycles. The van der Waals surface area contributed by atoms with E-state index in [0.29, 0.717) is 31.8 Å². The summed E-state index contributed by atoms with van der Waals surface area (Å²) in [4.78, 5) is 23.1. The van der Waals surface area contributed by atoms with Gasteiger partial charge in [0, 0.05) is 18.6 Å². The van der Waals surface area contributed by atoms with Crippen LogP contribution in [0, 0.1) is 10.1 Å². The fourth-order valence-corrected chi connectivity index (χ4v) is 3.57. The average Bonchev–Trinajstić information content (AvgIpc) is 2.83. The lowest BCUT2D eigenvalue weighted by molar-refractivity contribution is -0.385. The predicted octanol–water partition coefficient (Wildman–Crippen LogP) is 7.48. The quantitative estimate of drug-likeness (QED) is 0.114. The van der Waals surface area contributed by atoms with Gasteiger partial charge in [0.05, 0.1) is 40.4 Å². The number of nitro benzene ring substituents is 1. The Bertz CT molecular complexity index is 1220. The molecule has 0 aliphatic rings. The molecule has 0 N–H and O–H groups in total. The second-order valence-electron chi connectivity index (χ2n) is 7.33. The Kier molecular flexibility index (Phi) is 9.14. The summed E-state index contributed by atoms with van der Waals surface area (Å²) in [5.41, 5.74) is -1.06. The molecule has 0 amide bonds. The minimum atomic E-state index is -4.68. The van der Waals surface area contributed by atoms with E-state index >= 15 is 0 Å². The lowest BCUT2D eigenvalue weighted by atomic mass is 10.1. The van der Waals surface area contributed by atoms with E-state index < -0.39 is 43.9 Å². The van der Waals surface area contributed by atoms with Gasteiger partial charge in [-0.1, -0.05) is 53.5 Å². The zero-order valence-electron chi connectivity index (χ0n) is 18.4. The molecule has 3 aromatic carbocycles. The molecule has 3 aromatic rings. The van der Waals surface area contributed by atoms with Crippen molar-refractivity contribution in [3.8, 4) is 11.5 Å². The Morgan fingerprint density at radius 1 is 0.972 bits per heavy atom. The maximum Gasteiger partial charge on any atom is 0.416 e. The van der Waals surface area contributed by atoms with Crippen LogP contribution in [0.4, 0.5) is 18.9 Å². The van der Waals surface area contributed by atoms with Gasteiger partial charge in [0.1, 0.15) is 11.3 Å². The van der Waals surface area contributed by atoms with Gasteiger partial charge in [-0.15, -0.1) is 0 Å². The van der Waals surface area contributed by atoms with Gasteiger partial charge in [0.25, 0.3) is 5.69 Å². The van der Waals surface area contributed by atoms with Crippen LogP contribution in [-0.4, -0.2) is 24.1 Å². The van der Waals surface area contributed by atoms with Crippen molar-refractivity contribution < 1.29 is 37.1 Å². The van der Waals surface area contributed by atoms with E-state index in [0.717, 1.165) is 23.8 Å². The number of carbonyl (C=O) groups is 1. The first-order valence-electron chi connectivity index (χ1n) is 10.4. The number of nitrogens with zero attached hydrogens (tertiary/aromatic N) is 1. The molecular weight excluding hydrogens is 526 g/mol. The first-order chi connectivity index (χ1) is 17.1. The zero-order chi connectivity index (χ0) is 26.3. The number of carbonyl (C=O) groups excluding carboxylic acids is 1. The van der Waals surface area contributed by atoms with Crippen molar-refractivity contribution in [3.63, 3.8) is 0 Å². The van der Waals surface area contributed by atoms with Crippen LogP contribution in [0.15, 0.2) is 60.7 Å². The smallest absolute Gasteiger partial charge is 0.416 e. The summed E-state index contributed by atoms with van der Waals surface area (Å²) in [7, 11) is 0. The highest BCUT2D eigenvalue weighted by atomic mass is 35.5. The highest BCUT2D eigenvalue weighted by molar-refractivity contribution is 6.37. The van der Waals surface area contributed by atoms with Crippen molar-refractivity contribution in [2.24, 2.45) is 0 Å². The summed E-state index contributed by atoms with van der Waals surface area (Å²) in [5.74, 6) is -1.42. The molecule has 36 heavy (non-hydrogen) atoms. The van der Waals surface area contributed by atoms with Crippen LogP contribution in [0.2, 0.25) is 10.0 Å². The van der Waals surface area contributed by atoms with Gasteiger partial charge in [-0.3, -0.25) is 10.1 Å². The monoisotopic (exact) mass is 543 g/mol. The maximum absolute atomic E-state index is 12.9. The van der Waals surface area contributed by atoms with Crippen molar-refractivity contribution in [1.82, 2.24) is 0 Å². The summed E-state index contributed by atoms with van der Waals surface area (Å²) >= 11 is 11.8. The van der Waals surface area contributed by atoms with Gasteiger partial charge in [-0.2, -0.15) is 13.2 Å². The molecule has 0 bridgehead atoms. The standard InChI is InChI=1S/C24H18Cl2F3NO6/c25-19-11-16(24(27,28)29)12-20(26)22(19)36-17-7-8-21(30(32)33)18(13-17)23(31)35-10-4-9-34-14-15-5-2-1-3-6-15/h1-3,5-8,11-13H,4,9-10,14H2. The normalized spacial score (nSPS) is 11.2. The molecule has 0 unspecified atom stereocenters. The minimum Gasteiger partial charge on any atom is -0.462 e. The third-order valence-electron chi connectivity index (χ3n) is 4.71. The van der Waals surface area contributed by atoms with Crippen molar-refractivity contribution in [1.29, 1.82) is 0 Å². The van der Waals surface area contributed by atoms with Crippen molar-refractivity contribution in [3.05, 3.63) is 97.5 Å². The number of halogens is 5. The number of esters is 1. The van der Waals surface area contributed by atoms with E-state index in [1.54, 1.807) is 0 Å².